The van der Waals surface area contributed by atoms with Gasteiger partial charge in [-0.2, -0.15) is 4.98 Å². The summed E-state index contributed by atoms with van der Waals surface area (Å²) in [5.41, 5.74) is 3.23. The first kappa shape index (κ1) is 12.7. The minimum absolute atomic E-state index is 0.377. The normalized spacial score (nSPS) is 10.6. The number of nitrogens with zero attached hydrogens (tertiary/aromatic N) is 3. The van der Waals surface area contributed by atoms with E-state index in [1.165, 1.54) is 0 Å². The molecular formula is C10H19N5O. The Morgan fingerprint density at radius 2 is 2.19 bits per heavy atom. The third kappa shape index (κ3) is 4.41. The maximum Gasteiger partial charge on any atom is 0.240 e. The van der Waals surface area contributed by atoms with Crippen LogP contribution >= 0.6 is 0 Å². The predicted octanol–water partition coefficient (Wildman–Crippen LogP) is 0.401. The van der Waals surface area contributed by atoms with Crippen molar-refractivity contribution in [2.75, 3.05) is 32.7 Å². The highest BCUT2D eigenvalue weighted by molar-refractivity contribution is 5.28. The summed E-state index contributed by atoms with van der Waals surface area (Å²) in [5.74, 6) is 6.18. The third-order valence-electron chi connectivity index (χ3n) is 1.96. The number of nitrogens with one attached hydrogen (secondary N) is 1. The number of hydrazine groups is 1. The summed E-state index contributed by atoms with van der Waals surface area (Å²) in [6, 6.07) is 1.79. The van der Waals surface area contributed by atoms with Gasteiger partial charge in [-0.1, -0.05) is 0 Å². The van der Waals surface area contributed by atoms with E-state index < -0.39 is 0 Å². The second-order valence-electron chi connectivity index (χ2n) is 3.82. The van der Waals surface area contributed by atoms with Crippen LogP contribution in [-0.2, 0) is 0 Å². The fourth-order valence-corrected chi connectivity index (χ4v) is 1.24. The van der Waals surface area contributed by atoms with Crippen molar-refractivity contribution in [3.05, 3.63) is 11.8 Å². The minimum atomic E-state index is 0.377. The molecule has 0 fully saturated rings. The van der Waals surface area contributed by atoms with E-state index in [1.807, 2.05) is 21.0 Å². The van der Waals surface area contributed by atoms with Crippen LogP contribution in [0.25, 0.3) is 0 Å². The number of aryl methyl sites for hydroxylation is 1. The molecule has 0 aromatic carbocycles. The second kappa shape index (κ2) is 6.24. The van der Waals surface area contributed by atoms with Crippen LogP contribution in [0, 0.1) is 6.92 Å². The standard InChI is InChI=1S/C10H19N5O/c1-8-7-9(13-10(12-8)14-11)16-6-4-5-15(2)3/h7H,4-6,11H2,1-3H3,(H,12,13,14). The molecule has 16 heavy (non-hydrogen) atoms. The summed E-state index contributed by atoms with van der Waals surface area (Å²) in [4.78, 5) is 10.3. The minimum Gasteiger partial charge on any atom is -0.477 e. The molecule has 6 heteroatoms. The van der Waals surface area contributed by atoms with E-state index in [0.29, 0.717) is 18.4 Å². The molecule has 0 saturated heterocycles. The van der Waals surface area contributed by atoms with Crippen molar-refractivity contribution < 1.29 is 4.74 Å². The molecule has 0 saturated carbocycles. The van der Waals surface area contributed by atoms with Gasteiger partial charge in [-0.15, -0.1) is 0 Å². The van der Waals surface area contributed by atoms with Crippen LogP contribution in [0.15, 0.2) is 6.07 Å². The van der Waals surface area contributed by atoms with Gasteiger partial charge in [0.2, 0.25) is 11.8 Å². The van der Waals surface area contributed by atoms with E-state index >= 15 is 0 Å². The fourth-order valence-electron chi connectivity index (χ4n) is 1.24. The van der Waals surface area contributed by atoms with Crippen LogP contribution in [0.2, 0.25) is 0 Å². The number of hydrogen-bond donors (Lipinski definition) is 2. The topological polar surface area (TPSA) is 76.3 Å². The van der Waals surface area contributed by atoms with Gasteiger partial charge in [-0.25, -0.2) is 10.8 Å². The van der Waals surface area contributed by atoms with E-state index in [1.54, 1.807) is 6.07 Å². The molecule has 3 N–H and O–H groups in total. The summed E-state index contributed by atoms with van der Waals surface area (Å²) in [7, 11) is 4.07. The quantitative estimate of drug-likeness (QED) is 0.414. The molecule has 1 aromatic rings. The zero-order valence-electron chi connectivity index (χ0n) is 10.0. The lowest BCUT2D eigenvalue weighted by molar-refractivity contribution is 0.273. The summed E-state index contributed by atoms with van der Waals surface area (Å²) in [6.07, 6.45) is 0.960. The first-order valence-corrected chi connectivity index (χ1v) is 5.21. The molecule has 6 nitrogen and oxygen atoms in total. The molecule has 1 aromatic heterocycles. The van der Waals surface area contributed by atoms with Gasteiger partial charge in [0.25, 0.3) is 0 Å². The molecule has 0 atom stereocenters. The van der Waals surface area contributed by atoms with Crippen molar-refractivity contribution in [2.24, 2.45) is 5.84 Å². The van der Waals surface area contributed by atoms with Gasteiger partial charge in [0.05, 0.1) is 6.61 Å². The van der Waals surface area contributed by atoms with E-state index in [0.717, 1.165) is 18.7 Å². The first-order valence-electron chi connectivity index (χ1n) is 5.21. The number of rotatable bonds is 6. The maximum absolute atomic E-state index is 5.51. The Morgan fingerprint density at radius 1 is 1.44 bits per heavy atom. The highest BCUT2D eigenvalue weighted by atomic mass is 16.5. The molecule has 90 valence electrons. The van der Waals surface area contributed by atoms with E-state index in [2.05, 4.69) is 20.3 Å². The number of anilines is 1. The Kier molecular flexibility index (Phi) is 4.94. The summed E-state index contributed by atoms with van der Waals surface area (Å²) < 4.78 is 5.51. The van der Waals surface area contributed by atoms with Gasteiger partial charge >= 0.3 is 0 Å². The smallest absolute Gasteiger partial charge is 0.240 e. The summed E-state index contributed by atoms with van der Waals surface area (Å²) >= 11 is 0. The SMILES string of the molecule is Cc1cc(OCCCN(C)C)nc(NN)n1. The molecule has 1 rings (SSSR count). The van der Waals surface area contributed by atoms with Crippen LogP contribution in [0.3, 0.4) is 0 Å². The highest BCUT2D eigenvalue weighted by Gasteiger charge is 2.01. The van der Waals surface area contributed by atoms with Crippen molar-refractivity contribution in [1.82, 2.24) is 14.9 Å². The number of nitrogens with two attached hydrogens (primary N) is 1. The van der Waals surface area contributed by atoms with Crippen molar-refractivity contribution >= 4 is 5.95 Å². The van der Waals surface area contributed by atoms with Gasteiger partial charge in [-0.3, -0.25) is 5.43 Å². The van der Waals surface area contributed by atoms with E-state index in [4.69, 9.17) is 10.6 Å². The zero-order chi connectivity index (χ0) is 12.0. The van der Waals surface area contributed by atoms with Crippen molar-refractivity contribution in [1.29, 1.82) is 0 Å². The lowest BCUT2D eigenvalue weighted by Crippen LogP contribution is -2.16. The Hall–Kier alpha value is -1.40. The molecule has 0 amide bonds. The number of aromatic nitrogens is 2. The lowest BCUT2D eigenvalue weighted by Gasteiger charge is -2.10. The summed E-state index contributed by atoms with van der Waals surface area (Å²) in [5, 5.41) is 0. The molecule has 0 aliphatic rings. The number of nitrogen functional groups attached to an aromatic ring is 1. The average molecular weight is 225 g/mol. The van der Waals surface area contributed by atoms with Crippen LogP contribution in [-0.4, -0.2) is 42.1 Å². The number of hydrogen-bond acceptors (Lipinski definition) is 6. The van der Waals surface area contributed by atoms with Gasteiger partial charge in [0, 0.05) is 18.3 Å². The first-order chi connectivity index (χ1) is 7.61. The predicted molar refractivity (Wildman–Crippen MR) is 63.2 cm³/mol. The van der Waals surface area contributed by atoms with Crippen LogP contribution < -0.4 is 16.0 Å². The summed E-state index contributed by atoms with van der Waals surface area (Å²) in [6.45, 7) is 3.50. The van der Waals surface area contributed by atoms with Crippen molar-refractivity contribution in [2.45, 2.75) is 13.3 Å². The maximum atomic E-state index is 5.51. The molecular weight excluding hydrogens is 206 g/mol. The van der Waals surface area contributed by atoms with E-state index in [-0.39, 0.29) is 0 Å². The van der Waals surface area contributed by atoms with E-state index in [9.17, 15) is 0 Å². The molecule has 0 aliphatic heterocycles. The highest BCUT2D eigenvalue weighted by Crippen LogP contribution is 2.11. The Labute approximate surface area is 95.8 Å². The van der Waals surface area contributed by atoms with Gasteiger partial charge < -0.3 is 9.64 Å². The Morgan fingerprint density at radius 3 is 2.81 bits per heavy atom. The monoisotopic (exact) mass is 225 g/mol. The van der Waals surface area contributed by atoms with Gasteiger partial charge in [0.1, 0.15) is 0 Å². The molecule has 0 spiro atoms. The zero-order valence-corrected chi connectivity index (χ0v) is 10.0. The van der Waals surface area contributed by atoms with Gasteiger partial charge in [-0.05, 0) is 27.4 Å². The molecule has 0 aliphatic carbocycles. The third-order valence-corrected chi connectivity index (χ3v) is 1.96. The fraction of sp³-hybridized carbons (Fsp3) is 0.600. The van der Waals surface area contributed by atoms with Crippen LogP contribution in [0.5, 0.6) is 5.88 Å². The molecule has 1 heterocycles. The second-order valence-corrected chi connectivity index (χ2v) is 3.82. The molecule has 0 radical (unpaired) electrons. The number of ether oxygens (including phenoxy) is 1. The Bertz CT molecular complexity index is 329. The van der Waals surface area contributed by atoms with Gasteiger partial charge in [0.15, 0.2) is 0 Å². The largest absolute Gasteiger partial charge is 0.477 e. The lowest BCUT2D eigenvalue weighted by atomic mass is 10.4. The van der Waals surface area contributed by atoms with Crippen LogP contribution in [0.4, 0.5) is 5.95 Å². The molecule has 0 unspecified atom stereocenters. The average Bonchev–Trinajstić information content (AvgIpc) is 2.23. The van der Waals surface area contributed by atoms with Crippen molar-refractivity contribution in [3.63, 3.8) is 0 Å². The van der Waals surface area contributed by atoms with Crippen molar-refractivity contribution in [3.8, 4) is 5.88 Å². The Balaban J connectivity index is 2.44. The molecule has 0 bridgehead atoms. The van der Waals surface area contributed by atoms with Crippen LogP contribution in [0.1, 0.15) is 12.1 Å².